The first-order valence-corrected chi connectivity index (χ1v) is 8.63. The van der Waals surface area contributed by atoms with E-state index in [0.29, 0.717) is 13.1 Å². The summed E-state index contributed by atoms with van der Waals surface area (Å²) in [5.74, 6) is 1.64. The van der Waals surface area contributed by atoms with Gasteiger partial charge in [-0.05, 0) is 38.0 Å². The molecule has 1 saturated heterocycles. The van der Waals surface area contributed by atoms with Crippen LogP contribution >= 0.6 is 0 Å². The average molecular weight is 339 g/mol. The standard InChI is InChI=1S/C19H25N5O/c1-13-5-6-14(2)17(11-13)21-18-12-15(3)20-19(22-18)24-9-7-23(8-10-24)16(4)25/h5-6,11-12H,7-10H2,1-4H3,(H,20,21,22). The number of aromatic nitrogens is 2. The topological polar surface area (TPSA) is 61.4 Å². The van der Waals surface area contributed by atoms with Crippen molar-refractivity contribution in [1.82, 2.24) is 14.9 Å². The molecule has 1 aliphatic heterocycles. The van der Waals surface area contributed by atoms with Gasteiger partial charge in [0.15, 0.2) is 0 Å². The van der Waals surface area contributed by atoms with Gasteiger partial charge in [-0.25, -0.2) is 4.98 Å². The van der Waals surface area contributed by atoms with Crippen molar-refractivity contribution in [2.75, 3.05) is 36.4 Å². The molecule has 0 unspecified atom stereocenters. The molecule has 6 heteroatoms. The summed E-state index contributed by atoms with van der Waals surface area (Å²) in [5, 5.41) is 3.42. The van der Waals surface area contributed by atoms with Crippen LogP contribution in [0.5, 0.6) is 0 Å². The van der Waals surface area contributed by atoms with Crippen LogP contribution in [-0.2, 0) is 4.79 Å². The summed E-state index contributed by atoms with van der Waals surface area (Å²) in [6.45, 7) is 10.7. The number of aryl methyl sites for hydroxylation is 3. The first-order chi connectivity index (χ1) is 11.9. The Bertz CT molecular complexity index is 781. The number of nitrogens with one attached hydrogen (secondary N) is 1. The predicted molar refractivity (Wildman–Crippen MR) is 100 cm³/mol. The zero-order chi connectivity index (χ0) is 18.0. The Hall–Kier alpha value is -2.63. The lowest BCUT2D eigenvalue weighted by Gasteiger charge is -2.34. The fraction of sp³-hybridized carbons (Fsp3) is 0.421. The molecule has 2 aromatic rings. The summed E-state index contributed by atoms with van der Waals surface area (Å²) >= 11 is 0. The first-order valence-electron chi connectivity index (χ1n) is 8.63. The molecule has 6 nitrogen and oxygen atoms in total. The number of anilines is 3. The number of nitrogens with zero attached hydrogens (tertiary/aromatic N) is 4. The van der Waals surface area contributed by atoms with Gasteiger partial charge in [-0.15, -0.1) is 0 Å². The number of rotatable bonds is 3. The van der Waals surface area contributed by atoms with Gasteiger partial charge in [-0.3, -0.25) is 4.79 Å². The lowest BCUT2D eigenvalue weighted by atomic mass is 10.1. The summed E-state index contributed by atoms with van der Waals surface area (Å²) in [4.78, 5) is 24.8. The lowest BCUT2D eigenvalue weighted by molar-refractivity contribution is -0.129. The van der Waals surface area contributed by atoms with Crippen LogP contribution in [0.15, 0.2) is 24.3 Å². The summed E-state index contributed by atoms with van der Waals surface area (Å²) < 4.78 is 0. The second kappa shape index (κ2) is 7.09. The van der Waals surface area contributed by atoms with Crippen LogP contribution in [0.4, 0.5) is 17.5 Å². The van der Waals surface area contributed by atoms with E-state index in [0.717, 1.165) is 36.2 Å². The van der Waals surface area contributed by atoms with Crippen LogP contribution in [0, 0.1) is 20.8 Å². The quantitative estimate of drug-likeness (QED) is 0.932. The summed E-state index contributed by atoms with van der Waals surface area (Å²) in [6.07, 6.45) is 0. The number of amides is 1. The highest BCUT2D eigenvalue weighted by Gasteiger charge is 2.21. The Morgan fingerprint density at radius 3 is 2.44 bits per heavy atom. The third-order valence-corrected chi connectivity index (χ3v) is 4.51. The van der Waals surface area contributed by atoms with E-state index in [9.17, 15) is 4.79 Å². The van der Waals surface area contributed by atoms with Gasteiger partial charge in [-0.1, -0.05) is 12.1 Å². The van der Waals surface area contributed by atoms with Crippen LogP contribution < -0.4 is 10.2 Å². The maximum Gasteiger partial charge on any atom is 0.227 e. The zero-order valence-corrected chi connectivity index (χ0v) is 15.3. The molecule has 1 amide bonds. The number of benzene rings is 1. The zero-order valence-electron chi connectivity index (χ0n) is 15.3. The van der Waals surface area contributed by atoms with E-state index in [1.54, 1.807) is 6.92 Å². The van der Waals surface area contributed by atoms with Crippen molar-refractivity contribution in [3.8, 4) is 0 Å². The Morgan fingerprint density at radius 1 is 1.04 bits per heavy atom. The largest absolute Gasteiger partial charge is 0.340 e. The van der Waals surface area contributed by atoms with E-state index in [2.05, 4.69) is 47.2 Å². The molecule has 1 aliphatic rings. The van der Waals surface area contributed by atoms with Crippen molar-refractivity contribution in [3.63, 3.8) is 0 Å². The van der Waals surface area contributed by atoms with Gasteiger partial charge < -0.3 is 15.1 Å². The normalized spacial score (nSPS) is 14.6. The summed E-state index contributed by atoms with van der Waals surface area (Å²) in [5.41, 5.74) is 4.37. The summed E-state index contributed by atoms with van der Waals surface area (Å²) in [7, 11) is 0. The fourth-order valence-electron chi connectivity index (χ4n) is 2.99. The van der Waals surface area contributed by atoms with Crippen LogP contribution in [0.3, 0.4) is 0 Å². The molecule has 25 heavy (non-hydrogen) atoms. The molecule has 2 heterocycles. The lowest BCUT2D eigenvalue weighted by Crippen LogP contribution is -2.48. The summed E-state index contributed by atoms with van der Waals surface area (Å²) in [6, 6.07) is 8.29. The molecule has 0 saturated carbocycles. The molecule has 0 atom stereocenters. The Labute approximate surface area is 148 Å². The van der Waals surface area contributed by atoms with Gasteiger partial charge in [-0.2, -0.15) is 4.98 Å². The van der Waals surface area contributed by atoms with E-state index in [1.165, 1.54) is 11.1 Å². The van der Waals surface area contributed by atoms with Crippen molar-refractivity contribution in [2.45, 2.75) is 27.7 Å². The first kappa shape index (κ1) is 17.2. The number of carbonyl (C=O) groups is 1. The van der Waals surface area contributed by atoms with E-state index in [1.807, 2.05) is 17.9 Å². The minimum Gasteiger partial charge on any atom is -0.340 e. The number of piperazine rings is 1. The minimum absolute atomic E-state index is 0.127. The molecule has 0 aliphatic carbocycles. The van der Waals surface area contributed by atoms with Crippen molar-refractivity contribution in [1.29, 1.82) is 0 Å². The van der Waals surface area contributed by atoms with Crippen LogP contribution in [-0.4, -0.2) is 47.0 Å². The van der Waals surface area contributed by atoms with Crippen molar-refractivity contribution in [3.05, 3.63) is 41.1 Å². The Morgan fingerprint density at radius 2 is 1.76 bits per heavy atom. The third kappa shape index (κ3) is 4.07. The minimum atomic E-state index is 0.127. The SMILES string of the molecule is CC(=O)N1CCN(c2nc(C)cc(Nc3cc(C)ccc3C)n2)CC1. The van der Waals surface area contributed by atoms with Gasteiger partial charge in [0.25, 0.3) is 0 Å². The van der Waals surface area contributed by atoms with Gasteiger partial charge in [0.05, 0.1) is 0 Å². The molecule has 132 valence electrons. The maximum atomic E-state index is 11.5. The fourth-order valence-corrected chi connectivity index (χ4v) is 2.99. The smallest absolute Gasteiger partial charge is 0.227 e. The Balaban J connectivity index is 1.79. The second-order valence-corrected chi connectivity index (χ2v) is 6.63. The highest BCUT2D eigenvalue weighted by molar-refractivity contribution is 5.73. The molecule has 1 fully saturated rings. The molecule has 0 spiro atoms. The Kier molecular flexibility index (Phi) is 4.88. The number of hydrogen-bond acceptors (Lipinski definition) is 5. The van der Waals surface area contributed by atoms with Crippen molar-refractivity contribution >= 4 is 23.4 Å². The van der Waals surface area contributed by atoms with E-state index in [-0.39, 0.29) is 5.91 Å². The van der Waals surface area contributed by atoms with Crippen LogP contribution in [0.2, 0.25) is 0 Å². The molecule has 3 rings (SSSR count). The van der Waals surface area contributed by atoms with Gasteiger partial charge in [0, 0.05) is 50.6 Å². The molecule has 1 N–H and O–H groups in total. The average Bonchev–Trinajstić information content (AvgIpc) is 2.58. The monoisotopic (exact) mass is 339 g/mol. The second-order valence-electron chi connectivity index (χ2n) is 6.63. The highest BCUT2D eigenvalue weighted by atomic mass is 16.2. The highest BCUT2D eigenvalue weighted by Crippen LogP contribution is 2.23. The van der Waals surface area contributed by atoms with E-state index < -0.39 is 0 Å². The van der Waals surface area contributed by atoms with E-state index >= 15 is 0 Å². The molecule has 1 aromatic heterocycles. The van der Waals surface area contributed by atoms with Gasteiger partial charge in [0.1, 0.15) is 5.82 Å². The van der Waals surface area contributed by atoms with Crippen molar-refractivity contribution < 1.29 is 4.79 Å². The molecule has 0 radical (unpaired) electrons. The van der Waals surface area contributed by atoms with Crippen LogP contribution in [0.25, 0.3) is 0 Å². The number of carbonyl (C=O) groups excluding carboxylic acids is 1. The van der Waals surface area contributed by atoms with E-state index in [4.69, 9.17) is 4.98 Å². The molecule has 0 bridgehead atoms. The number of hydrogen-bond donors (Lipinski definition) is 1. The molecule has 1 aromatic carbocycles. The van der Waals surface area contributed by atoms with Crippen LogP contribution in [0.1, 0.15) is 23.7 Å². The third-order valence-electron chi connectivity index (χ3n) is 4.51. The van der Waals surface area contributed by atoms with Gasteiger partial charge >= 0.3 is 0 Å². The van der Waals surface area contributed by atoms with Crippen molar-refractivity contribution in [2.24, 2.45) is 0 Å². The van der Waals surface area contributed by atoms with Gasteiger partial charge in [0.2, 0.25) is 11.9 Å². The predicted octanol–water partition coefficient (Wildman–Crippen LogP) is 2.81. The molecular formula is C19H25N5O. The molecular weight excluding hydrogens is 314 g/mol. The maximum absolute atomic E-state index is 11.5.